The van der Waals surface area contributed by atoms with Crippen molar-refractivity contribution in [2.45, 2.75) is 55.9 Å². The number of allylic oxidation sites excluding steroid dienone is 2. The van der Waals surface area contributed by atoms with E-state index in [2.05, 4.69) is 56.8 Å². The first kappa shape index (κ1) is 13.5. The highest BCUT2D eigenvalue weighted by Crippen LogP contribution is 2.53. The molecule has 0 bridgehead atoms. The standard InChI is InChI=1S/C17H18BrN3S/c1-16(9-10-16)14-19-20-15(21(14)11-3-4-11)17(7-2-8-17)12-5-6-13(18)22-12/h2,5-7,11H,3-4,8-10H2,1H3. The average Bonchev–Trinajstić information content (AvgIpc) is 3.34. The fourth-order valence-electron chi connectivity index (χ4n) is 3.46. The first-order valence-corrected chi connectivity index (χ1v) is 9.63. The van der Waals surface area contributed by atoms with E-state index in [-0.39, 0.29) is 10.8 Å². The molecule has 3 nitrogen and oxygen atoms in total. The minimum Gasteiger partial charge on any atom is -0.310 e. The lowest BCUT2D eigenvalue weighted by atomic mass is 9.74. The van der Waals surface area contributed by atoms with E-state index in [1.807, 2.05) is 11.3 Å². The Morgan fingerprint density at radius 1 is 1.23 bits per heavy atom. The predicted octanol–water partition coefficient (Wildman–Crippen LogP) is 4.73. The summed E-state index contributed by atoms with van der Waals surface area (Å²) in [5, 5.41) is 9.38. The first-order valence-electron chi connectivity index (χ1n) is 8.02. The third kappa shape index (κ3) is 1.78. The Labute approximate surface area is 142 Å². The van der Waals surface area contributed by atoms with Gasteiger partial charge >= 0.3 is 0 Å². The highest BCUT2D eigenvalue weighted by atomic mass is 79.9. The van der Waals surface area contributed by atoms with E-state index in [1.54, 1.807) is 0 Å². The van der Waals surface area contributed by atoms with Gasteiger partial charge in [0.1, 0.15) is 11.6 Å². The fraction of sp³-hybridized carbons (Fsp3) is 0.529. The predicted molar refractivity (Wildman–Crippen MR) is 91.4 cm³/mol. The van der Waals surface area contributed by atoms with Crippen molar-refractivity contribution < 1.29 is 0 Å². The molecule has 114 valence electrons. The summed E-state index contributed by atoms with van der Waals surface area (Å²) in [5.74, 6) is 2.41. The maximum Gasteiger partial charge on any atom is 0.149 e. The third-order valence-corrected chi connectivity index (χ3v) is 7.20. The molecule has 0 amide bonds. The van der Waals surface area contributed by atoms with E-state index in [0.717, 1.165) is 6.42 Å². The van der Waals surface area contributed by atoms with Crippen molar-refractivity contribution >= 4 is 27.3 Å². The molecule has 5 heteroatoms. The highest BCUT2D eigenvalue weighted by molar-refractivity contribution is 9.11. The molecule has 0 radical (unpaired) electrons. The van der Waals surface area contributed by atoms with E-state index in [0.29, 0.717) is 6.04 Å². The first-order chi connectivity index (χ1) is 10.6. The minimum absolute atomic E-state index is 0.0459. The molecule has 0 aliphatic heterocycles. The fourth-order valence-corrected chi connectivity index (χ4v) is 5.03. The van der Waals surface area contributed by atoms with Crippen molar-refractivity contribution in [2.75, 3.05) is 0 Å². The van der Waals surface area contributed by atoms with Gasteiger partial charge in [-0.05, 0) is 60.2 Å². The zero-order valence-electron chi connectivity index (χ0n) is 12.6. The van der Waals surface area contributed by atoms with Gasteiger partial charge in [-0.25, -0.2) is 0 Å². The number of nitrogens with zero attached hydrogens (tertiary/aromatic N) is 3. The zero-order valence-corrected chi connectivity index (χ0v) is 15.0. The molecular formula is C17H18BrN3S. The van der Waals surface area contributed by atoms with E-state index in [4.69, 9.17) is 5.10 Å². The summed E-state index contributed by atoms with van der Waals surface area (Å²) < 4.78 is 3.69. The van der Waals surface area contributed by atoms with Gasteiger partial charge in [0, 0.05) is 16.3 Å². The molecule has 0 aromatic carbocycles. The van der Waals surface area contributed by atoms with Crippen LogP contribution in [0.2, 0.25) is 0 Å². The minimum atomic E-state index is -0.0459. The van der Waals surface area contributed by atoms with Crippen molar-refractivity contribution in [1.82, 2.24) is 14.8 Å². The maximum absolute atomic E-state index is 4.72. The summed E-state index contributed by atoms with van der Waals surface area (Å²) in [4.78, 5) is 1.38. The van der Waals surface area contributed by atoms with Crippen molar-refractivity contribution in [3.63, 3.8) is 0 Å². The summed E-state index contributed by atoms with van der Waals surface area (Å²) in [5.41, 5.74) is 0.230. The summed E-state index contributed by atoms with van der Waals surface area (Å²) in [6, 6.07) is 5.02. The van der Waals surface area contributed by atoms with E-state index in [1.165, 1.54) is 46.0 Å². The SMILES string of the molecule is CC1(c2nnc(C3(c4ccc(Br)s4)C=CC3)n2C2CC2)CC1. The number of halogens is 1. The van der Waals surface area contributed by atoms with Crippen LogP contribution in [0.3, 0.4) is 0 Å². The molecule has 3 aliphatic carbocycles. The molecule has 1 atom stereocenters. The second kappa shape index (κ2) is 4.32. The van der Waals surface area contributed by atoms with Crippen LogP contribution in [0.1, 0.15) is 61.6 Å². The van der Waals surface area contributed by atoms with E-state index < -0.39 is 0 Å². The van der Waals surface area contributed by atoms with Gasteiger partial charge in [-0.15, -0.1) is 21.5 Å². The van der Waals surface area contributed by atoms with Gasteiger partial charge in [0.25, 0.3) is 0 Å². The lowest BCUT2D eigenvalue weighted by Gasteiger charge is -2.34. The monoisotopic (exact) mass is 375 g/mol. The van der Waals surface area contributed by atoms with E-state index in [9.17, 15) is 0 Å². The molecule has 2 aromatic heterocycles. The van der Waals surface area contributed by atoms with Crippen molar-refractivity contribution in [1.29, 1.82) is 0 Å². The van der Waals surface area contributed by atoms with Crippen molar-refractivity contribution in [2.24, 2.45) is 0 Å². The van der Waals surface area contributed by atoms with Crippen LogP contribution in [0.25, 0.3) is 0 Å². The highest BCUT2D eigenvalue weighted by Gasteiger charge is 2.50. The normalized spacial score (nSPS) is 28.6. The molecule has 22 heavy (non-hydrogen) atoms. The molecule has 1 unspecified atom stereocenters. The molecule has 2 heterocycles. The summed E-state index contributed by atoms with van der Waals surface area (Å²) in [6.07, 6.45) is 10.7. The van der Waals surface area contributed by atoms with Gasteiger partial charge in [-0.3, -0.25) is 0 Å². The summed E-state index contributed by atoms with van der Waals surface area (Å²) >= 11 is 5.43. The zero-order chi connectivity index (χ0) is 14.9. The Morgan fingerprint density at radius 3 is 2.45 bits per heavy atom. The Kier molecular flexibility index (Phi) is 2.65. The number of hydrogen-bond acceptors (Lipinski definition) is 3. The van der Waals surface area contributed by atoms with Gasteiger partial charge in [-0.1, -0.05) is 19.1 Å². The molecule has 5 rings (SSSR count). The molecule has 0 saturated heterocycles. The van der Waals surface area contributed by atoms with Crippen LogP contribution < -0.4 is 0 Å². The number of thiophene rings is 1. The number of rotatable bonds is 4. The van der Waals surface area contributed by atoms with Crippen LogP contribution in [-0.4, -0.2) is 14.8 Å². The molecular weight excluding hydrogens is 358 g/mol. The van der Waals surface area contributed by atoms with Crippen LogP contribution in [0.5, 0.6) is 0 Å². The Bertz CT molecular complexity index is 782. The summed E-state index contributed by atoms with van der Waals surface area (Å²) in [7, 11) is 0. The maximum atomic E-state index is 4.72. The Balaban J connectivity index is 1.68. The van der Waals surface area contributed by atoms with Gasteiger partial charge in [0.15, 0.2) is 0 Å². The van der Waals surface area contributed by atoms with Crippen LogP contribution in [0, 0.1) is 0 Å². The molecule has 2 saturated carbocycles. The van der Waals surface area contributed by atoms with Gasteiger partial charge in [0.2, 0.25) is 0 Å². The van der Waals surface area contributed by atoms with Gasteiger partial charge in [-0.2, -0.15) is 0 Å². The van der Waals surface area contributed by atoms with Gasteiger partial charge in [0.05, 0.1) is 9.20 Å². The Morgan fingerprint density at radius 2 is 1.95 bits per heavy atom. The Hall–Kier alpha value is -0.940. The summed E-state index contributed by atoms with van der Waals surface area (Å²) in [6.45, 7) is 2.34. The number of hydrogen-bond donors (Lipinski definition) is 0. The molecule has 2 fully saturated rings. The van der Waals surface area contributed by atoms with Crippen LogP contribution in [0.15, 0.2) is 28.1 Å². The van der Waals surface area contributed by atoms with Gasteiger partial charge < -0.3 is 4.57 Å². The molecule has 3 aliphatic rings. The average molecular weight is 376 g/mol. The second-order valence-electron chi connectivity index (χ2n) is 7.19. The lowest BCUT2D eigenvalue weighted by molar-refractivity contribution is 0.503. The molecule has 2 aromatic rings. The van der Waals surface area contributed by atoms with Crippen LogP contribution >= 0.6 is 27.3 Å². The smallest absolute Gasteiger partial charge is 0.149 e. The molecule has 0 N–H and O–H groups in total. The number of aromatic nitrogens is 3. The third-order valence-electron chi connectivity index (χ3n) is 5.40. The van der Waals surface area contributed by atoms with Crippen LogP contribution in [0.4, 0.5) is 0 Å². The quantitative estimate of drug-likeness (QED) is 0.722. The largest absolute Gasteiger partial charge is 0.310 e. The second-order valence-corrected chi connectivity index (χ2v) is 9.65. The van der Waals surface area contributed by atoms with E-state index >= 15 is 0 Å². The lowest BCUT2D eigenvalue weighted by Crippen LogP contribution is -2.33. The van der Waals surface area contributed by atoms with Crippen molar-refractivity contribution in [3.8, 4) is 0 Å². The molecule has 0 spiro atoms. The van der Waals surface area contributed by atoms with Crippen molar-refractivity contribution in [3.05, 3.63) is 44.6 Å². The topological polar surface area (TPSA) is 30.7 Å². The van der Waals surface area contributed by atoms with Crippen LogP contribution in [-0.2, 0) is 10.8 Å².